The van der Waals surface area contributed by atoms with E-state index in [1.54, 1.807) is 13.8 Å². The molecule has 11 heteroatoms. The van der Waals surface area contributed by atoms with Gasteiger partial charge in [-0.1, -0.05) is 0 Å². The maximum atomic E-state index is 10.0. The van der Waals surface area contributed by atoms with E-state index in [1.165, 1.54) is 0 Å². The molecule has 1 aromatic heterocycles. The highest BCUT2D eigenvalue weighted by Gasteiger charge is 2.13. The van der Waals surface area contributed by atoms with Gasteiger partial charge in [-0.05, 0) is 52.4 Å². The lowest BCUT2D eigenvalue weighted by molar-refractivity contribution is 0.156. The van der Waals surface area contributed by atoms with Gasteiger partial charge in [0.1, 0.15) is 12.5 Å². The lowest BCUT2D eigenvalue weighted by Gasteiger charge is -2.16. The molecule has 0 bridgehead atoms. The molecule has 0 spiro atoms. The van der Waals surface area contributed by atoms with Crippen LogP contribution in [0.1, 0.15) is 52.4 Å². The zero-order chi connectivity index (χ0) is 19.5. The van der Waals surface area contributed by atoms with Crippen LogP contribution >= 0.6 is 22.9 Å². The number of aliphatic hydroxyl groups excluding tert-OH is 4. The highest BCUT2D eigenvalue weighted by Crippen LogP contribution is 2.14. The molecule has 1 aromatic rings. The van der Waals surface area contributed by atoms with Crippen molar-refractivity contribution in [1.82, 2.24) is 15.0 Å². The zero-order valence-corrected chi connectivity index (χ0v) is 17.2. The fourth-order valence-electron chi connectivity index (χ4n) is 2.20. The van der Waals surface area contributed by atoms with Crippen LogP contribution in [0.25, 0.3) is 0 Å². The second kappa shape index (κ2) is 12.4. The molecular formula is C15H29IN6O4. The molecule has 0 aromatic carbocycles. The summed E-state index contributed by atoms with van der Waals surface area (Å²) in [5.74, 6) is 0.614. The van der Waals surface area contributed by atoms with Gasteiger partial charge in [-0.15, -0.1) is 0 Å². The first-order chi connectivity index (χ1) is 12.3. The van der Waals surface area contributed by atoms with Gasteiger partial charge in [0.15, 0.2) is 0 Å². The van der Waals surface area contributed by atoms with E-state index in [0.29, 0.717) is 38.5 Å². The van der Waals surface area contributed by atoms with Crippen molar-refractivity contribution in [3.63, 3.8) is 0 Å². The van der Waals surface area contributed by atoms with E-state index < -0.39 is 24.7 Å². The number of halogens is 1. The van der Waals surface area contributed by atoms with Crippen molar-refractivity contribution in [3.8, 4) is 0 Å². The van der Waals surface area contributed by atoms with Crippen molar-refractivity contribution in [1.29, 1.82) is 0 Å². The summed E-state index contributed by atoms with van der Waals surface area (Å²) in [5, 5.41) is 44.1. The van der Waals surface area contributed by atoms with E-state index in [9.17, 15) is 20.4 Å². The molecular weight excluding hydrogens is 455 g/mol. The monoisotopic (exact) mass is 484 g/mol. The number of nitrogens with zero attached hydrogens (tertiary/aromatic N) is 3. The van der Waals surface area contributed by atoms with E-state index in [4.69, 9.17) is 0 Å². The first-order valence-corrected chi connectivity index (χ1v) is 9.76. The molecule has 0 saturated heterocycles. The number of hydrogen-bond donors (Lipinski definition) is 7. The van der Waals surface area contributed by atoms with Crippen LogP contribution < -0.4 is 14.2 Å². The average Bonchev–Trinajstić information content (AvgIpc) is 2.53. The maximum Gasteiger partial charge on any atom is 0.238 e. The van der Waals surface area contributed by atoms with Crippen LogP contribution in [-0.2, 0) is 0 Å². The Morgan fingerprint density at radius 2 is 1.12 bits per heavy atom. The van der Waals surface area contributed by atoms with E-state index in [-0.39, 0.29) is 17.8 Å². The first kappa shape index (κ1) is 23.0. The molecule has 10 nitrogen and oxygen atoms in total. The van der Waals surface area contributed by atoms with Crippen LogP contribution in [0.3, 0.4) is 0 Å². The summed E-state index contributed by atoms with van der Waals surface area (Å²) in [6.45, 7) is 3.41. The molecule has 0 radical (unpaired) electrons. The van der Waals surface area contributed by atoms with Gasteiger partial charge in [0.05, 0.1) is 35.1 Å². The third-order valence-corrected chi connectivity index (χ3v) is 3.99. The molecule has 0 aliphatic carbocycles. The molecule has 1 heterocycles. The molecule has 0 aliphatic rings. The van der Waals surface area contributed by atoms with E-state index in [2.05, 4.69) is 29.1 Å². The largest absolute Gasteiger partial charge is 0.393 e. The van der Waals surface area contributed by atoms with Crippen LogP contribution in [0.2, 0.25) is 0 Å². The second-order valence-electron chi connectivity index (χ2n) is 6.28. The Labute approximate surface area is 167 Å². The normalized spacial score (nSPS) is 15.8. The molecule has 1 rings (SSSR count). The van der Waals surface area contributed by atoms with Crippen molar-refractivity contribution >= 4 is 40.7 Å². The van der Waals surface area contributed by atoms with Crippen molar-refractivity contribution in [2.24, 2.45) is 0 Å². The number of hydrogen-bond acceptors (Lipinski definition) is 10. The molecule has 150 valence electrons. The van der Waals surface area contributed by atoms with Crippen molar-refractivity contribution in [2.75, 3.05) is 14.2 Å². The van der Waals surface area contributed by atoms with E-state index in [1.807, 2.05) is 22.9 Å². The lowest BCUT2D eigenvalue weighted by Crippen LogP contribution is -2.24. The molecule has 7 N–H and O–H groups in total. The number of rotatable bonds is 13. The number of nitrogens with one attached hydrogen (secondary N) is 3. The van der Waals surface area contributed by atoms with E-state index in [0.717, 1.165) is 0 Å². The van der Waals surface area contributed by atoms with Gasteiger partial charge in [-0.25, -0.2) is 0 Å². The van der Waals surface area contributed by atoms with Gasteiger partial charge in [0.25, 0.3) is 0 Å². The Balaban J connectivity index is 2.60. The summed E-state index contributed by atoms with van der Waals surface area (Å²) < 4.78 is 2.77. The number of aromatic nitrogens is 3. The molecule has 26 heavy (non-hydrogen) atoms. The summed E-state index contributed by atoms with van der Waals surface area (Å²) in [6.07, 6.45) is 0.861. The van der Waals surface area contributed by atoms with Gasteiger partial charge < -0.3 is 31.1 Å². The molecule has 0 fully saturated rings. The van der Waals surface area contributed by atoms with Crippen LogP contribution in [0.15, 0.2) is 0 Å². The van der Waals surface area contributed by atoms with Crippen LogP contribution in [-0.4, -0.2) is 60.0 Å². The van der Waals surface area contributed by atoms with Gasteiger partial charge in [0.2, 0.25) is 17.8 Å². The van der Waals surface area contributed by atoms with Crippen molar-refractivity contribution in [3.05, 3.63) is 0 Å². The minimum atomic E-state index is -0.859. The minimum Gasteiger partial charge on any atom is -0.393 e. The smallest absolute Gasteiger partial charge is 0.238 e. The lowest BCUT2D eigenvalue weighted by atomic mass is 10.1. The van der Waals surface area contributed by atoms with Gasteiger partial charge >= 0.3 is 0 Å². The average molecular weight is 484 g/mol. The zero-order valence-electron chi connectivity index (χ0n) is 15.1. The predicted molar refractivity (Wildman–Crippen MR) is 108 cm³/mol. The standard InChI is InChI=1S/C15H29IN6O4/c1-9(23)5-3-7-11(25)17-13-19-14(21-15(20-13)22-16)18-12(26)8-4-6-10(2)24/h9-12,23-26H,3-8H2,1-2H3,(H3,17,18,19,20,21,22). The van der Waals surface area contributed by atoms with Gasteiger partial charge in [0, 0.05) is 0 Å². The molecule has 4 atom stereocenters. The summed E-state index contributed by atoms with van der Waals surface area (Å²) in [4.78, 5) is 12.4. The topological polar surface area (TPSA) is 156 Å². The highest BCUT2D eigenvalue weighted by molar-refractivity contribution is 14.1. The SMILES string of the molecule is CC(O)CCCC(O)Nc1nc(NI)nc(NC(O)CCCC(C)O)n1. The Bertz CT molecular complexity index is 483. The highest BCUT2D eigenvalue weighted by atomic mass is 127. The fourth-order valence-corrected chi connectivity index (χ4v) is 2.44. The summed E-state index contributed by atoms with van der Waals surface area (Å²) in [5.41, 5.74) is 0. The Morgan fingerprint density at radius 1 is 0.731 bits per heavy atom. The summed E-state index contributed by atoms with van der Waals surface area (Å²) in [6, 6.07) is 0. The molecule has 0 saturated carbocycles. The molecule has 4 unspecified atom stereocenters. The Kier molecular flexibility index (Phi) is 11.0. The van der Waals surface area contributed by atoms with Crippen molar-refractivity contribution < 1.29 is 20.4 Å². The third kappa shape index (κ3) is 10.2. The number of aliphatic hydroxyl groups is 4. The summed E-state index contributed by atoms with van der Waals surface area (Å²) in [7, 11) is 0. The minimum absolute atomic E-state index is 0.169. The second-order valence-corrected chi connectivity index (χ2v) is 6.82. The third-order valence-electron chi connectivity index (χ3n) is 3.51. The van der Waals surface area contributed by atoms with E-state index >= 15 is 0 Å². The first-order valence-electron chi connectivity index (χ1n) is 8.68. The maximum absolute atomic E-state index is 10.0. The predicted octanol–water partition coefficient (Wildman–Crippen LogP) is 1.20. The van der Waals surface area contributed by atoms with Crippen LogP contribution in [0.4, 0.5) is 17.8 Å². The van der Waals surface area contributed by atoms with Crippen molar-refractivity contribution in [2.45, 2.75) is 77.0 Å². The Morgan fingerprint density at radius 3 is 1.46 bits per heavy atom. The van der Waals surface area contributed by atoms with Gasteiger partial charge in [-0.2, -0.15) is 15.0 Å². The molecule has 0 aliphatic heterocycles. The Hall–Kier alpha value is -1.02. The summed E-state index contributed by atoms with van der Waals surface area (Å²) >= 11 is 1.87. The fraction of sp³-hybridized carbons (Fsp3) is 0.800. The molecule has 0 amide bonds. The van der Waals surface area contributed by atoms with Gasteiger partial charge in [-0.3, -0.25) is 3.53 Å². The van der Waals surface area contributed by atoms with Crippen LogP contribution in [0, 0.1) is 0 Å². The van der Waals surface area contributed by atoms with Crippen LogP contribution in [0.5, 0.6) is 0 Å². The number of anilines is 3. The quantitative estimate of drug-likeness (QED) is 0.123.